The molecule has 1 aliphatic heterocycles. The van der Waals surface area contributed by atoms with Crippen molar-refractivity contribution in [1.29, 1.82) is 0 Å². The van der Waals surface area contributed by atoms with Crippen molar-refractivity contribution in [2.24, 2.45) is 0 Å². The highest BCUT2D eigenvalue weighted by Gasteiger charge is 2.34. The van der Waals surface area contributed by atoms with Crippen molar-refractivity contribution in [3.05, 3.63) is 102 Å². The number of hydrogen-bond donors (Lipinski definition) is 1. The van der Waals surface area contributed by atoms with Crippen molar-refractivity contribution in [1.82, 2.24) is 10.2 Å². The average molecular weight is 597 g/mol. The molecule has 9 heteroatoms. The number of nitrogens with one attached hydrogen (secondary N) is 1. The number of nitrogens with zero attached hydrogens (tertiary/aromatic N) is 1. The van der Waals surface area contributed by atoms with Crippen molar-refractivity contribution in [3.8, 4) is 5.75 Å². The van der Waals surface area contributed by atoms with E-state index in [1.807, 2.05) is 12.1 Å². The van der Waals surface area contributed by atoms with Crippen molar-refractivity contribution in [3.63, 3.8) is 0 Å². The number of carbonyl (C=O) groups excluding carboxylic acids is 2. The number of hydrogen-bond acceptors (Lipinski definition) is 3. The zero-order valence-electron chi connectivity index (χ0n) is 16.9. The second kappa shape index (κ2) is 10.1. The molecule has 1 fully saturated rings. The summed E-state index contributed by atoms with van der Waals surface area (Å²) >= 11 is 14.1. The van der Waals surface area contributed by atoms with Gasteiger partial charge in [-0.05, 0) is 70.1 Å². The quantitative estimate of drug-likeness (QED) is 0.203. The number of imide groups is 1. The molecule has 5 nitrogen and oxygen atoms in total. The van der Waals surface area contributed by atoms with Gasteiger partial charge in [0.15, 0.2) is 0 Å². The molecule has 4 rings (SSSR count). The Bertz CT molecular complexity index is 1280. The van der Waals surface area contributed by atoms with Gasteiger partial charge in [-0.1, -0.05) is 53.5 Å². The molecule has 3 aromatic carbocycles. The van der Waals surface area contributed by atoms with Crippen LogP contribution in [0.25, 0.3) is 6.08 Å². The van der Waals surface area contributed by atoms with Crippen LogP contribution < -0.4 is 10.1 Å². The van der Waals surface area contributed by atoms with Crippen LogP contribution in [0.3, 0.4) is 0 Å². The van der Waals surface area contributed by atoms with Crippen LogP contribution >= 0.6 is 45.8 Å². The van der Waals surface area contributed by atoms with Crippen LogP contribution in [0.4, 0.5) is 9.18 Å². The molecule has 0 unspecified atom stereocenters. The Morgan fingerprint density at radius 2 is 1.82 bits per heavy atom. The normalized spacial score (nSPS) is 14.7. The second-order valence-electron chi connectivity index (χ2n) is 7.20. The number of halogens is 4. The summed E-state index contributed by atoms with van der Waals surface area (Å²) in [6, 6.07) is 16.1. The lowest BCUT2D eigenvalue weighted by Gasteiger charge is -2.12. The summed E-state index contributed by atoms with van der Waals surface area (Å²) < 4.78 is 20.6. The molecule has 168 valence electrons. The van der Waals surface area contributed by atoms with Gasteiger partial charge in [0.2, 0.25) is 0 Å². The van der Waals surface area contributed by atoms with E-state index in [0.717, 1.165) is 14.0 Å². The van der Waals surface area contributed by atoms with E-state index in [1.54, 1.807) is 42.5 Å². The number of amides is 3. The summed E-state index contributed by atoms with van der Waals surface area (Å²) in [4.78, 5) is 26.0. The molecule has 0 bridgehead atoms. The van der Waals surface area contributed by atoms with E-state index in [0.29, 0.717) is 28.0 Å². The number of urea groups is 1. The lowest BCUT2D eigenvalue weighted by atomic mass is 10.1. The standard InChI is InChI=1S/C24H16Cl2FIN2O3/c25-17-7-5-15(9-18(17)26)13-33-22-8-6-14(10-20(22)28)11-21-23(31)30(24(32)29-21)12-16-3-1-2-4-19(16)27/h1-11H,12-13H2,(H,29,32)/b21-11+. The van der Waals surface area contributed by atoms with E-state index >= 15 is 0 Å². The lowest BCUT2D eigenvalue weighted by molar-refractivity contribution is -0.123. The first-order valence-electron chi connectivity index (χ1n) is 9.76. The van der Waals surface area contributed by atoms with E-state index in [-0.39, 0.29) is 17.8 Å². The van der Waals surface area contributed by atoms with E-state index < -0.39 is 17.8 Å². The second-order valence-corrected chi connectivity index (χ2v) is 9.17. The molecule has 0 radical (unpaired) electrons. The summed E-state index contributed by atoms with van der Waals surface area (Å²) in [6.07, 6.45) is 1.58. The monoisotopic (exact) mass is 596 g/mol. The predicted octanol–water partition coefficient (Wildman–Crippen LogP) is 6.41. The first kappa shape index (κ1) is 23.5. The van der Waals surface area contributed by atoms with Crippen molar-refractivity contribution in [2.45, 2.75) is 13.2 Å². The molecule has 1 heterocycles. The Morgan fingerprint density at radius 3 is 2.55 bits per heavy atom. The van der Waals surface area contributed by atoms with Crippen LogP contribution in [-0.2, 0) is 17.9 Å². The van der Waals surface area contributed by atoms with Gasteiger partial charge in [-0.25, -0.2) is 9.18 Å². The minimum absolute atomic E-state index is 0.122. The predicted molar refractivity (Wildman–Crippen MR) is 133 cm³/mol. The summed E-state index contributed by atoms with van der Waals surface area (Å²) in [5.41, 5.74) is 1.97. The Labute approximate surface area is 213 Å². The topological polar surface area (TPSA) is 58.6 Å². The Balaban J connectivity index is 1.46. The first-order valence-corrected chi connectivity index (χ1v) is 11.6. The van der Waals surface area contributed by atoms with Gasteiger partial charge in [-0.2, -0.15) is 0 Å². The van der Waals surface area contributed by atoms with Gasteiger partial charge in [0.1, 0.15) is 23.9 Å². The summed E-state index contributed by atoms with van der Waals surface area (Å²) in [7, 11) is 0. The van der Waals surface area contributed by atoms with Gasteiger partial charge in [-0.3, -0.25) is 9.69 Å². The molecule has 0 atom stereocenters. The summed E-state index contributed by atoms with van der Waals surface area (Å²) in [5.74, 6) is -0.327. The minimum atomic E-state index is -0.592. The average Bonchev–Trinajstić information content (AvgIpc) is 3.04. The zero-order chi connectivity index (χ0) is 23.5. The molecular weight excluding hydrogens is 581 g/mol. The number of carbonyl (C=O) groups is 2. The maximum atomic E-state index is 13.9. The van der Waals surface area contributed by atoms with E-state index in [9.17, 15) is 14.0 Å². The van der Waals surface area contributed by atoms with Crippen LogP contribution in [0, 0.1) is 9.39 Å². The maximum Gasteiger partial charge on any atom is 0.329 e. The molecule has 33 heavy (non-hydrogen) atoms. The fourth-order valence-electron chi connectivity index (χ4n) is 3.19. The van der Waals surface area contributed by atoms with Crippen LogP contribution in [0.5, 0.6) is 5.75 Å². The third-order valence-electron chi connectivity index (χ3n) is 4.89. The molecule has 1 saturated heterocycles. The van der Waals surface area contributed by atoms with Crippen LogP contribution in [-0.4, -0.2) is 16.8 Å². The summed E-state index contributed by atoms with van der Waals surface area (Å²) in [6.45, 7) is 0.167. The number of benzene rings is 3. The molecule has 1 N–H and O–H groups in total. The smallest absolute Gasteiger partial charge is 0.329 e. The van der Waals surface area contributed by atoms with Crippen LogP contribution in [0.15, 0.2) is 66.4 Å². The van der Waals surface area contributed by atoms with E-state index in [2.05, 4.69) is 27.9 Å². The maximum absolute atomic E-state index is 13.9. The van der Waals surface area contributed by atoms with Gasteiger partial charge in [-0.15, -0.1) is 0 Å². The molecule has 3 amide bonds. The van der Waals surface area contributed by atoms with Gasteiger partial charge in [0.05, 0.1) is 20.2 Å². The number of ether oxygens (including phenoxy) is 1. The third kappa shape index (κ3) is 5.48. The molecule has 0 spiro atoms. The minimum Gasteiger partial charge on any atom is -0.488 e. The molecule has 0 aliphatic carbocycles. The Kier molecular flexibility index (Phi) is 7.21. The van der Waals surface area contributed by atoms with Gasteiger partial charge in [0, 0.05) is 5.56 Å². The van der Waals surface area contributed by atoms with Crippen LogP contribution in [0.2, 0.25) is 10.0 Å². The third-order valence-corrected chi connectivity index (χ3v) is 6.48. The van der Waals surface area contributed by atoms with Crippen molar-refractivity contribution in [2.75, 3.05) is 0 Å². The van der Waals surface area contributed by atoms with E-state index in [1.165, 1.54) is 12.1 Å². The number of rotatable bonds is 6. The van der Waals surface area contributed by atoms with Crippen molar-refractivity contribution < 1.29 is 18.7 Å². The Morgan fingerprint density at radius 1 is 1.03 bits per heavy atom. The lowest BCUT2D eigenvalue weighted by Crippen LogP contribution is -2.30. The molecular formula is C24H16Cl2FIN2O3. The highest BCUT2D eigenvalue weighted by atomic mass is 127. The first-order chi connectivity index (χ1) is 15.8. The fourth-order valence-corrected chi connectivity index (χ4v) is 4.21. The van der Waals surface area contributed by atoms with Crippen LogP contribution in [0.1, 0.15) is 16.7 Å². The Hall–Kier alpha value is -2.62. The molecule has 0 aromatic heterocycles. The largest absolute Gasteiger partial charge is 0.488 e. The zero-order valence-corrected chi connectivity index (χ0v) is 20.6. The highest BCUT2D eigenvalue weighted by molar-refractivity contribution is 14.1. The van der Waals surface area contributed by atoms with Crippen molar-refractivity contribution >= 4 is 63.8 Å². The fraction of sp³-hybridized carbons (Fsp3) is 0.0833. The molecule has 1 aliphatic rings. The molecule has 0 saturated carbocycles. The highest BCUT2D eigenvalue weighted by Crippen LogP contribution is 2.27. The molecule has 3 aromatic rings. The van der Waals surface area contributed by atoms with E-state index in [4.69, 9.17) is 27.9 Å². The van der Waals surface area contributed by atoms with Gasteiger partial charge >= 0.3 is 6.03 Å². The summed E-state index contributed by atoms with van der Waals surface area (Å²) in [5, 5.41) is 3.49. The van der Waals surface area contributed by atoms with Gasteiger partial charge < -0.3 is 10.1 Å². The van der Waals surface area contributed by atoms with Gasteiger partial charge in [0.25, 0.3) is 5.91 Å². The SMILES string of the molecule is O=C1N/C(=C/c2ccc(OCc3ccc(Cl)c(Cl)c3)c(I)c2)C(=O)N1Cc1ccccc1F.